The Morgan fingerprint density at radius 3 is 2.27 bits per heavy atom. The number of para-hydroxylation sites is 1. The van der Waals surface area contributed by atoms with E-state index in [0.29, 0.717) is 34.2 Å². The van der Waals surface area contributed by atoms with Gasteiger partial charge in [0.1, 0.15) is 17.2 Å². The Balaban J connectivity index is 1.75. The first kappa shape index (κ1) is 22.4. The van der Waals surface area contributed by atoms with E-state index in [1.165, 1.54) is 19.1 Å². The van der Waals surface area contributed by atoms with Gasteiger partial charge in [-0.25, -0.2) is 0 Å². The quantitative estimate of drug-likeness (QED) is 0.487. The van der Waals surface area contributed by atoms with Crippen LogP contribution in [0.4, 0.5) is 5.69 Å². The van der Waals surface area contributed by atoms with E-state index in [0.717, 1.165) is 5.56 Å². The van der Waals surface area contributed by atoms with E-state index in [-0.39, 0.29) is 23.7 Å². The standard InChI is InChI=1S/C26H23ClN2O4/c1-32-21-11-7-6-10-19(21)23-24(28-20-16-18(27)12-13-22(20)33-2)26(31)29(25(23)30)15-14-17-8-4-3-5-9-17/h3-13,16,28H,14-15H2,1-2H3. The van der Waals surface area contributed by atoms with Gasteiger partial charge >= 0.3 is 0 Å². The van der Waals surface area contributed by atoms with Crippen molar-refractivity contribution < 1.29 is 19.1 Å². The van der Waals surface area contributed by atoms with Gasteiger partial charge < -0.3 is 14.8 Å². The molecule has 0 atom stereocenters. The van der Waals surface area contributed by atoms with Gasteiger partial charge in [0.15, 0.2) is 0 Å². The fourth-order valence-electron chi connectivity index (χ4n) is 3.79. The molecule has 3 aromatic rings. The minimum absolute atomic E-state index is 0.151. The van der Waals surface area contributed by atoms with Crippen molar-refractivity contribution in [2.75, 3.05) is 26.1 Å². The van der Waals surface area contributed by atoms with Crippen molar-refractivity contribution in [2.45, 2.75) is 6.42 Å². The number of nitrogens with one attached hydrogen (secondary N) is 1. The molecule has 0 bridgehead atoms. The van der Waals surface area contributed by atoms with Crippen LogP contribution in [0, 0.1) is 0 Å². The zero-order valence-electron chi connectivity index (χ0n) is 18.3. The molecule has 4 rings (SSSR count). The summed E-state index contributed by atoms with van der Waals surface area (Å²) in [6.45, 7) is 0.248. The summed E-state index contributed by atoms with van der Waals surface area (Å²) < 4.78 is 10.9. The fourth-order valence-corrected chi connectivity index (χ4v) is 3.97. The largest absolute Gasteiger partial charge is 0.496 e. The molecule has 0 aliphatic carbocycles. The summed E-state index contributed by atoms with van der Waals surface area (Å²) in [5.41, 5.74) is 2.45. The van der Waals surface area contributed by atoms with Gasteiger partial charge in [-0.2, -0.15) is 0 Å². The molecule has 7 heteroatoms. The summed E-state index contributed by atoms with van der Waals surface area (Å²) in [5, 5.41) is 3.58. The number of halogens is 1. The maximum Gasteiger partial charge on any atom is 0.278 e. The van der Waals surface area contributed by atoms with Crippen LogP contribution in [0.15, 0.2) is 78.5 Å². The molecular formula is C26H23ClN2O4. The van der Waals surface area contributed by atoms with E-state index in [9.17, 15) is 9.59 Å². The molecule has 1 N–H and O–H groups in total. The highest BCUT2D eigenvalue weighted by molar-refractivity contribution is 6.37. The van der Waals surface area contributed by atoms with Crippen molar-refractivity contribution >= 4 is 34.7 Å². The molecule has 6 nitrogen and oxygen atoms in total. The highest BCUT2D eigenvalue weighted by atomic mass is 35.5. The van der Waals surface area contributed by atoms with Gasteiger partial charge in [0.25, 0.3) is 11.8 Å². The number of imide groups is 1. The van der Waals surface area contributed by atoms with E-state index in [4.69, 9.17) is 21.1 Å². The van der Waals surface area contributed by atoms with E-state index >= 15 is 0 Å². The number of carbonyl (C=O) groups is 2. The van der Waals surface area contributed by atoms with E-state index in [1.807, 2.05) is 36.4 Å². The first-order valence-corrected chi connectivity index (χ1v) is 10.8. The lowest BCUT2D eigenvalue weighted by atomic mass is 10.0. The monoisotopic (exact) mass is 462 g/mol. The summed E-state index contributed by atoms with van der Waals surface area (Å²) >= 11 is 6.18. The lowest BCUT2D eigenvalue weighted by molar-refractivity contribution is -0.136. The summed E-state index contributed by atoms with van der Waals surface area (Å²) in [7, 11) is 3.05. The van der Waals surface area contributed by atoms with Crippen LogP contribution in [0.2, 0.25) is 5.02 Å². The molecule has 1 heterocycles. The Hall–Kier alpha value is -3.77. The Kier molecular flexibility index (Phi) is 6.66. The number of hydrogen-bond donors (Lipinski definition) is 1. The van der Waals surface area contributed by atoms with Gasteiger partial charge in [-0.15, -0.1) is 0 Å². The first-order valence-electron chi connectivity index (χ1n) is 10.4. The number of benzene rings is 3. The summed E-state index contributed by atoms with van der Waals surface area (Å²) in [6.07, 6.45) is 0.547. The van der Waals surface area contributed by atoms with Crippen LogP contribution in [-0.4, -0.2) is 37.5 Å². The average Bonchev–Trinajstić information content (AvgIpc) is 3.07. The number of rotatable bonds is 8. The first-order chi connectivity index (χ1) is 16.0. The smallest absolute Gasteiger partial charge is 0.278 e. The number of hydrogen-bond acceptors (Lipinski definition) is 5. The Bertz CT molecular complexity index is 1220. The molecule has 0 spiro atoms. The number of anilines is 1. The van der Waals surface area contributed by atoms with Crippen LogP contribution in [0.25, 0.3) is 5.57 Å². The molecular weight excluding hydrogens is 440 g/mol. The Morgan fingerprint density at radius 1 is 0.848 bits per heavy atom. The lowest BCUT2D eigenvalue weighted by Gasteiger charge is -2.16. The van der Waals surface area contributed by atoms with Crippen molar-refractivity contribution in [2.24, 2.45) is 0 Å². The van der Waals surface area contributed by atoms with Gasteiger partial charge in [-0.3, -0.25) is 14.5 Å². The van der Waals surface area contributed by atoms with Crippen LogP contribution in [-0.2, 0) is 16.0 Å². The maximum absolute atomic E-state index is 13.5. The van der Waals surface area contributed by atoms with Crippen molar-refractivity contribution in [1.82, 2.24) is 4.90 Å². The van der Waals surface area contributed by atoms with Crippen LogP contribution >= 0.6 is 11.6 Å². The SMILES string of the molecule is COc1ccc(Cl)cc1NC1=C(c2ccccc2OC)C(=O)N(CCc2ccccc2)C1=O. The molecule has 1 aliphatic heterocycles. The van der Waals surface area contributed by atoms with E-state index in [2.05, 4.69) is 5.32 Å². The normalized spacial score (nSPS) is 13.5. The number of carbonyl (C=O) groups excluding carboxylic acids is 2. The van der Waals surface area contributed by atoms with Crippen molar-refractivity contribution in [3.63, 3.8) is 0 Å². The van der Waals surface area contributed by atoms with Crippen molar-refractivity contribution in [3.8, 4) is 11.5 Å². The van der Waals surface area contributed by atoms with Gasteiger partial charge in [-0.05, 0) is 36.2 Å². The second-order valence-electron chi connectivity index (χ2n) is 7.42. The molecule has 0 unspecified atom stereocenters. The lowest BCUT2D eigenvalue weighted by Crippen LogP contribution is -2.34. The highest BCUT2D eigenvalue weighted by Gasteiger charge is 2.40. The van der Waals surface area contributed by atoms with Crippen LogP contribution in [0.3, 0.4) is 0 Å². The molecule has 0 saturated heterocycles. The summed E-state index contributed by atoms with van der Waals surface area (Å²) in [4.78, 5) is 28.3. The third-order valence-corrected chi connectivity index (χ3v) is 5.67. The summed E-state index contributed by atoms with van der Waals surface area (Å²) in [5.74, 6) is 0.188. The zero-order chi connectivity index (χ0) is 23.4. The molecule has 2 amide bonds. The van der Waals surface area contributed by atoms with E-state index < -0.39 is 5.91 Å². The van der Waals surface area contributed by atoms with Crippen LogP contribution in [0.5, 0.6) is 11.5 Å². The third kappa shape index (κ3) is 4.56. The highest BCUT2D eigenvalue weighted by Crippen LogP contribution is 2.37. The molecule has 0 fully saturated rings. The topological polar surface area (TPSA) is 67.9 Å². The van der Waals surface area contributed by atoms with Crippen molar-refractivity contribution in [1.29, 1.82) is 0 Å². The molecule has 33 heavy (non-hydrogen) atoms. The van der Waals surface area contributed by atoms with Crippen LogP contribution < -0.4 is 14.8 Å². The molecule has 0 radical (unpaired) electrons. The Morgan fingerprint density at radius 2 is 1.55 bits per heavy atom. The fraction of sp³-hybridized carbons (Fsp3) is 0.154. The molecule has 0 saturated carbocycles. The van der Waals surface area contributed by atoms with Gasteiger partial charge in [0.05, 0.1) is 25.5 Å². The van der Waals surface area contributed by atoms with Crippen molar-refractivity contribution in [3.05, 3.63) is 94.6 Å². The minimum Gasteiger partial charge on any atom is -0.496 e. The summed E-state index contributed by atoms with van der Waals surface area (Å²) in [6, 6.07) is 21.9. The van der Waals surface area contributed by atoms with Crippen LogP contribution in [0.1, 0.15) is 11.1 Å². The molecule has 1 aliphatic rings. The van der Waals surface area contributed by atoms with Gasteiger partial charge in [0.2, 0.25) is 0 Å². The number of ether oxygens (including phenoxy) is 2. The predicted octanol–water partition coefficient (Wildman–Crippen LogP) is 4.79. The zero-order valence-corrected chi connectivity index (χ0v) is 19.1. The average molecular weight is 463 g/mol. The predicted molar refractivity (Wildman–Crippen MR) is 128 cm³/mol. The number of methoxy groups -OCH3 is 2. The van der Waals surface area contributed by atoms with E-state index in [1.54, 1.807) is 36.4 Å². The second-order valence-corrected chi connectivity index (χ2v) is 7.85. The van der Waals surface area contributed by atoms with Gasteiger partial charge in [0, 0.05) is 17.1 Å². The molecule has 3 aromatic carbocycles. The minimum atomic E-state index is -0.418. The third-order valence-electron chi connectivity index (χ3n) is 5.43. The number of amides is 2. The number of nitrogens with zero attached hydrogens (tertiary/aromatic N) is 1. The van der Waals surface area contributed by atoms with Gasteiger partial charge in [-0.1, -0.05) is 60.1 Å². The Labute approximate surface area is 197 Å². The maximum atomic E-state index is 13.5. The second kappa shape index (κ2) is 9.79. The molecule has 0 aromatic heterocycles. The molecule has 168 valence electrons.